The van der Waals surface area contributed by atoms with Crippen LogP contribution >= 0.6 is 0 Å². The molecule has 0 aromatic rings. The second-order valence-corrected chi connectivity index (χ2v) is 6.03. The van der Waals surface area contributed by atoms with Crippen LogP contribution < -0.4 is 11.1 Å². The van der Waals surface area contributed by atoms with E-state index >= 15 is 0 Å². The standard InChI is InChI=1S/C16H34N4O2/c1-4-22-15(14(2)3)6-8-19-16(17)18-7-5-9-20-10-12-21-13-11-20/h14-15H,4-13H2,1-3H3,(H3,17,18,19). The van der Waals surface area contributed by atoms with Crippen molar-refractivity contribution < 1.29 is 9.47 Å². The normalized spacial score (nSPS) is 18.6. The number of nitrogens with one attached hydrogen (secondary N) is 1. The van der Waals surface area contributed by atoms with Gasteiger partial charge in [0.1, 0.15) is 0 Å². The van der Waals surface area contributed by atoms with Crippen LogP contribution in [0.1, 0.15) is 33.6 Å². The first-order valence-corrected chi connectivity index (χ1v) is 8.59. The Hall–Kier alpha value is -0.850. The highest BCUT2D eigenvalue weighted by atomic mass is 16.5. The molecule has 0 saturated carbocycles. The number of morpholine rings is 1. The van der Waals surface area contributed by atoms with Crippen molar-refractivity contribution in [2.24, 2.45) is 16.6 Å². The molecule has 1 atom stereocenters. The van der Waals surface area contributed by atoms with Crippen LogP contribution in [0.25, 0.3) is 0 Å². The monoisotopic (exact) mass is 314 g/mol. The lowest BCUT2D eigenvalue weighted by atomic mass is 10.0. The predicted molar refractivity (Wildman–Crippen MR) is 91.2 cm³/mol. The van der Waals surface area contributed by atoms with Crippen LogP contribution in [0.3, 0.4) is 0 Å². The molecule has 130 valence electrons. The maximum absolute atomic E-state index is 5.89. The van der Waals surface area contributed by atoms with E-state index in [2.05, 4.69) is 29.1 Å². The van der Waals surface area contributed by atoms with Crippen molar-refractivity contribution in [2.75, 3.05) is 52.5 Å². The van der Waals surface area contributed by atoms with E-state index in [1.807, 2.05) is 6.92 Å². The van der Waals surface area contributed by atoms with Crippen LogP contribution in [0.4, 0.5) is 0 Å². The topological polar surface area (TPSA) is 72.1 Å². The summed E-state index contributed by atoms with van der Waals surface area (Å²) in [6, 6.07) is 0. The first kappa shape index (κ1) is 19.2. The Morgan fingerprint density at radius 3 is 2.73 bits per heavy atom. The van der Waals surface area contributed by atoms with Gasteiger partial charge in [-0.3, -0.25) is 9.89 Å². The first-order valence-electron chi connectivity index (χ1n) is 8.59. The number of hydrogen-bond donors (Lipinski definition) is 2. The van der Waals surface area contributed by atoms with Crippen LogP contribution in [0.2, 0.25) is 0 Å². The van der Waals surface area contributed by atoms with Gasteiger partial charge in [-0.1, -0.05) is 13.8 Å². The first-order chi connectivity index (χ1) is 10.6. The summed E-state index contributed by atoms with van der Waals surface area (Å²) in [6.45, 7) is 13.6. The Morgan fingerprint density at radius 2 is 2.09 bits per heavy atom. The van der Waals surface area contributed by atoms with Gasteiger partial charge >= 0.3 is 0 Å². The van der Waals surface area contributed by atoms with Gasteiger partial charge in [-0.15, -0.1) is 0 Å². The van der Waals surface area contributed by atoms with E-state index < -0.39 is 0 Å². The zero-order chi connectivity index (χ0) is 16.2. The third-order valence-corrected chi connectivity index (χ3v) is 3.88. The molecule has 0 radical (unpaired) electrons. The summed E-state index contributed by atoms with van der Waals surface area (Å²) in [5.41, 5.74) is 5.89. The molecule has 3 N–H and O–H groups in total. The molecular formula is C16H34N4O2. The maximum Gasteiger partial charge on any atom is 0.188 e. The van der Waals surface area contributed by atoms with Crippen molar-refractivity contribution in [3.63, 3.8) is 0 Å². The summed E-state index contributed by atoms with van der Waals surface area (Å²) in [7, 11) is 0. The Kier molecular flexibility index (Phi) is 10.2. The molecule has 0 amide bonds. The summed E-state index contributed by atoms with van der Waals surface area (Å²) in [6.07, 6.45) is 2.28. The van der Waals surface area contributed by atoms with E-state index in [0.717, 1.165) is 65.4 Å². The molecular weight excluding hydrogens is 280 g/mol. The average molecular weight is 314 g/mol. The van der Waals surface area contributed by atoms with Crippen molar-refractivity contribution in [1.29, 1.82) is 0 Å². The number of aliphatic imine (C=N–C) groups is 1. The van der Waals surface area contributed by atoms with Crippen molar-refractivity contribution in [1.82, 2.24) is 10.2 Å². The molecule has 22 heavy (non-hydrogen) atoms. The van der Waals surface area contributed by atoms with Gasteiger partial charge in [0.05, 0.1) is 19.3 Å². The molecule has 0 aromatic heterocycles. The number of hydrogen-bond acceptors (Lipinski definition) is 4. The molecule has 0 bridgehead atoms. The number of guanidine groups is 1. The smallest absolute Gasteiger partial charge is 0.188 e. The molecule has 1 aliphatic heterocycles. The maximum atomic E-state index is 5.89. The molecule has 6 nitrogen and oxygen atoms in total. The number of rotatable bonds is 10. The second kappa shape index (κ2) is 11.7. The largest absolute Gasteiger partial charge is 0.379 e. The van der Waals surface area contributed by atoms with Gasteiger partial charge < -0.3 is 20.5 Å². The lowest BCUT2D eigenvalue weighted by molar-refractivity contribution is 0.0258. The summed E-state index contributed by atoms with van der Waals surface area (Å²) in [5.74, 6) is 1.06. The molecule has 0 spiro atoms. The zero-order valence-corrected chi connectivity index (χ0v) is 14.5. The molecule has 1 heterocycles. The van der Waals surface area contributed by atoms with E-state index in [-0.39, 0.29) is 6.10 Å². The molecule has 1 fully saturated rings. The van der Waals surface area contributed by atoms with Gasteiger partial charge in [-0.25, -0.2) is 0 Å². The molecule has 6 heteroatoms. The highest BCUT2D eigenvalue weighted by Crippen LogP contribution is 2.09. The SMILES string of the molecule is CCOC(CCNC(N)=NCCCN1CCOCC1)C(C)C. The van der Waals surface area contributed by atoms with Crippen molar-refractivity contribution >= 4 is 5.96 Å². The van der Waals surface area contributed by atoms with Crippen molar-refractivity contribution in [3.8, 4) is 0 Å². The molecule has 1 saturated heterocycles. The van der Waals surface area contributed by atoms with Crippen molar-refractivity contribution in [2.45, 2.75) is 39.7 Å². The van der Waals surface area contributed by atoms with E-state index in [4.69, 9.17) is 15.2 Å². The van der Waals surface area contributed by atoms with Gasteiger partial charge in [-0.2, -0.15) is 0 Å². The Labute approximate surface area is 135 Å². The average Bonchev–Trinajstić information content (AvgIpc) is 2.51. The van der Waals surface area contributed by atoms with Gasteiger partial charge in [0.25, 0.3) is 0 Å². The molecule has 1 aliphatic rings. The quantitative estimate of drug-likeness (QED) is 0.358. The van der Waals surface area contributed by atoms with Crippen LogP contribution in [-0.4, -0.2) is 69.5 Å². The van der Waals surface area contributed by atoms with Crippen LogP contribution in [-0.2, 0) is 9.47 Å². The summed E-state index contributed by atoms with van der Waals surface area (Å²) >= 11 is 0. The molecule has 1 unspecified atom stereocenters. The minimum Gasteiger partial charge on any atom is -0.379 e. The second-order valence-electron chi connectivity index (χ2n) is 6.03. The fourth-order valence-electron chi connectivity index (χ4n) is 2.54. The predicted octanol–water partition coefficient (Wildman–Crippen LogP) is 1.06. The highest BCUT2D eigenvalue weighted by molar-refractivity contribution is 5.77. The highest BCUT2D eigenvalue weighted by Gasteiger charge is 2.12. The van der Waals surface area contributed by atoms with Gasteiger partial charge in [0, 0.05) is 39.3 Å². The van der Waals surface area contributed by atoms with Gasteiger partial charge in [-0.05, 0) is 25.7 Å². The van der Waals surface area contributed by atoms with Crippen LogP contribution in [0.5, 0.6) is 0 Å². The third kappa shape index (κ3) is 8.56. The van der Waals surface area contributed by atoms with Crippen molar-refractivity contribution in [3.05, 3.63) is 0 Å². The summed E-state index contributed by atoms with van der Waals surface area (Å²) < 4.78 is 11.0. The third-order valence-electron chi connectivity index (χ3n) is 3.88. The molecule has 1 rings (SSSR count). The van der Waals surface area contributed by atoms with E-state index in [1.165, 1.54) is 0 Å². The van der Waals surface area contributed by atoms with Gasteiger partial charge in [0.15, 0.2) is 5.96 Å². The summed E-state index contributed by atoms with van der Waals surface area (Å²) in [5, 5.41) is 3.18. The lowest BCUT2D eigenvalue weighted by Gasteiger charge is -2.26. The molecule has 0 aliphatic carbocycles. The fourth-order valence-corrected chi connectivity index (χ4v) is 2.54. The minimum atomic E-state index is 0.284. The fraction of sp³-hybridized carbons (Fsp3) is 0.938. The Bertz CT molecular complexity index is 305. The number of nitrogens with zero attached hydrogens (tertiary/aromatic N) is 2. The summed E-state index contributed by atoms with van der Waals surface area (Å²) in [4.78, 5) is 6.80. The number of ether oxygens (including phenoxy) is 2. The van der Waals surface area contributed by atoms with E-state index in [9.17, 15) is 0 Å². The van der Waals surface area contributed by atoms with Crippen LogP contribution in [0.15, 0.2) is 4.99 Å². The Morgan fingerprint density at radius 1 is 1.36 bits per heavy atom. The molecule has 0 aromatic carbocycles. The zero-order valence-electron chi connectivity index (χ0n) is 14.5. The van der Waals surface area contributed by atoms with Crippen LogP contribution in [0, 0.1) is 5.92 Å². The van der Waals surface area contributed by atoms with E-state index in [1.54, 1.807) is 0 Å². The van der Waals surface area contributed by atoms with E-state index in [0.29, 0.717) is 11.9 Å². The number of nitrogens with two attached hydrogens (primary N) is 1. The Balaban J connectivity index is 2.09. The van der Waals surface area contributed by atoms with Gasteiger partial charge in [0.2, 0.25) is 0 Å². The lowest BCUT2D eigenvalue weighted by Crippen LogP contribution is -2.37. The minimum absolute atomic E-state index is 0.284.